The molecular formula is C36H52FN3O16. The van der Waals surface area contributed by atoms with E-state index < -0.39 is 105 Å². The first-order valence-corrected chi connectivity index (χ1v) is 18.6. The van der Waals surface area contributed by atoms with Crippen LogP contribution in [0, 0.1) is 28.6 Å². The van der Waals surface area contributed by atoms with Crippen molar-refractivity contribution < 1.29 is 83.3 Å². The first-order valence-electron chi connectivity index (χ1n) is 18.6. The van der Waals surface area contributed by atoms with E-state index in [-0.39, 0.29) is 63.9 Å². The molecule has 3 fully saturated rings. The minimum atomic E-state index is -2.27. The fourth-order valence-electron chi connectivity index (χ4n) is 9.65. The molecule has 0 spiro atoms. The van der Waals surface area contributed by atoms with Gasteiger partial charge >= 0.3 is 17.9 Å². The third-order valence-electron chi connectivity index (χ3n) is 12.2. The van der Waals surface area contributed by atoms with E-state index in [4.69, 9.17) is 30.3 Å². The number of Topliss-reactive ketones (excluding diaryl/α,β-unsaturated/α-hetero) is 1. The third-order valence-corrected chi connectivity index (χ3v) is 12.2. The molecule has 3 saturated carbocycles. The minimum Gasteiger partial charge on any atom is -0.480 e. The SMILES string of the molecule is C[C@H]1CC2C3CCC4=CC(=O)C=C[C@]4(C)[C@@]3(F)[C@@H](O)C[C@]2(C)[C@@]1(OC(=O)CCCON(O)O)C(=O)COC(=O)CC(NC(=O)CCCCCON(O)O)C(=O)O. The number of hydrogen-bond acceptors (Lipinski definition) is 17. The molecule has 314 valence electrons. The Hall–Kier alpha value is -3.73. The summed E-state index contributed by atoms with van der Waals surface area (Å²) >= 11 is 0. The van der Waals surface area contributed by atoms with E-state index in [1.165, 1.54) is 18.2 Å². The molecule has 0 heterocycles. The van der Waals surface area contributed by atoms with Crippen LogP contribution in [0.15, 0.2) is 23.8 Å². The van der Waals surface area contributed by atoms with Gasteiger partial charge in [-0.15, -0.1) is 0 Å². The zero-order chi connectivity index (χ0) is 41.6. The van der Waals surface area contributed by atoms with E-state index >= 15 is 4.39 Å². The van der Waals surface area contributed by atoms with Gasteiger partial charge in [-0.3, -0.25) is 54.5 Å². The lowest BCUT2D eigenvalue weighted by atomic mass is 9.44. The van der Waals surface area contributed by atoms with Gasteiger partial charge in [0.15, 0.2) is 23.7 Å². The van der Waals surface area contributed by atoms with Crippen LogP contribution in [0.4, 0.5) is 4.39 Å². The van der Waals surface area contributed by atoms with Crippen LogP contribution in [0.5, 0.6) is 0 Å². The summed E-state index contributed by atoms with van der Waals surface area (Å²) in [7, 11) is 0. The quantitative estimate of drug-likeness (QED) is 0.0528. The number of hydrogen-bond donors (Lipinski definition) is 7. The summed E-state index contributed by atoms with van der Waals surface area (Å²) in [6.45, 7) is 3.52. The van der Waals surface area contributed by atoms with Gasteiger partial charge in [0.25, 0.3) is 0 Å². The Morgan fingerprint density at radius 3 is 2.27 bits per heavy atom. The molecule has 19 nitrogen and oxygen atoms in total. The number of unbranched alkanes of at least 4 members (excludes halogenated alkanes) is 2. The topological polar surface area (TPSA) is 279 Å². The summed E-state index contributed by atoms with van der Waals surface area (Å²) in [5.41, 5.74) is -6.55. The number of rotatable bonds is 20. The van der Waals surface area contributed by atoms with E-state index in [0.717, 1.165) is 0 Å². The van der Waals surface area contributed by atoms with Crippen molar-refractivity contribution in [2.24, 2.45) is 28.6 Å². The van der Waals surface area contributed by atoms with Crippen molar-refractivity contribution in [2.75, 3.05) is 19.8 Å². The summed E-state index contributed by atoms with van der Waals surface area (Å²) in [6.07, 6.45) is 2.45. The second-order valence-corrected chi connectivity index (χ2v) is 15.4. The first-order chi connectivity index (χ1) is 26.2. The molecule has 0 aromatic heterocycles. The molecule has 4 aliphatic rings. The van der Waals surface area contributed by atoms with E-state index in [1.54, 1.807) is 20.8 Å². The Balaban J connectivity index is 1.53. The standard InChI is InChI=1S/C36H52FN3O16/c1-21-16-25-24-11-10-22-17-23(41)12-13-33(22,2)35(24,37)27(42)19-34(25,3)36(21,56-30(45)9-7-15-55-40(51)52)28(43)20-53-31(46)18-26(32(47)48)38-29(44)8-5-4-6-14-54-39(49)50/h12-13,17,21,24-27,42,49-52H,4-11,14-16,18-20H2,1-3H3,(H,38,44)(H,47,48)/t21-,24?,25?,26?,27-,33-,34-,35-,36-/m0/s1. The maximum atomic E-state index is 17.8. The maximum absolute atomic E-state index is 17.8. The summed E-state index contributed by atoms with van der Waals surface area (Å²) in [5, 5.41) is 57.5. The molecule has 0 aromatic carbocycles. The summed E-state index contributed by atoms with van der Waals surface area (Å²) in [5.74, 6) is -7.82. The van der Waals surface area contributed by atoms with Gasteiger partial charge in [0.1, 0.15) is 6.04 Å². The average molecular weight is 802 g/mol. The van der Waals surface area contributed by atoms with Crippen molar-refractivity contribution in [2.45, 2.75) is 115 Å². The van der Waals surface area contributed by atoms with Crippen LogP contribution in [0.2, 0.25) is 0 Å². The number of nitrogens with zero attached hydrogens (tertiary/aromatic N) is 2. The highest BCUT2D eigenvalue weighted by Crippen LogP contribution is 2.71. The van der Waals surface area contributed by atoms with Gasteiger partial charge in [0.2, 0.25) is 11.7 Å². The van der Waals surface area contributed by atoms with Gasteiger partial charge in [-0.2, -0.15) is 0 Å². The van der Waals surface area contributed by atoms with Gasteiger partial charge in [0.05, 0.1) is 36.5 Å². The van der Waals surface area contributed by atoms with Crippen LogP contribution in [0.3, 0.4) is 0 Å². The lowest BCUT2D eigenvalue weighted by Crippen LogP contribution is -2.70. The monoisotopic (exact) mass is 801 g/mol. The van der Waals surface area contributed by atoms with Crippen LogP contribution in [0.1, 0.15) is 91.4 Å². The Labute approximate surface area is 321 Å². The lowest BCUT2D eigenvalue weighted by molar-refractivity contribution is -0.492. The highest BCUT2D eigenvalue weighted by atomic mass is 19.1. The zero-order valence-electron chi connectivity index (χ0n) is 31.6. The van der Waals surface area contributed by atoms with E-state index in [2.05, 4.69) is 15.0 Å². The number of fused-ring (bicyclic) bond motifs is 5. The van der Waals surface area contributed by atoms with Crippen molar-refractivity contribution in [1.29, 1.82) is 0 Å². The number of carboxylic acids is 1. The third kappa shape index (κ3) is 9.03. The number of ether oxygens (including phenoxy) is 2. The Kier molecular flexibility index (Phi) is 14.7. The predicted molar refractivity (Wildman–Crippen MR) is 182 cm³/mol. The van der Waals surface area contributed by atoms with E-state index in [1.807, 2.05) is 0 Å². The molecule has 0 saturated heterocycles. The number of alkyl halides is 1. The molecule has 20 heteroatoms. The van der Waals surface area contributed by atoms with Crippen molar-refractivity contribution >= 4 is 35.4 Å². The van der Waals surface area contributed by atoms with Crippen LogP contribution in [0.25, 0.3) is 0 Å². The Bertz CT molecular complexity index is 1570. The average Bonchev–Trinajstić information content (AvgIpc) is 3.33. The largest absolute Gasteiger partial charge is 0.480 e. The van der Waals surface area contributed by atoms with Crippen LogP contribution in [-0.4, -0.2) is 120 Å². The van der Waals surface area contributed by atoms with Crippen LogP contribution in [-0.2, 0) is 47.9 Å². The zero-order valence-corrected chi connectivity index (χ0v) is 31.6. The number of halogens is 1. The smallest absolute Gasteiger partial charge is 0.326 e. The van der Waals surface area contributed by atoms with Crippen molar-refractivity contribution in [3.63, 3.8) is 0 Å². The van der Waals surface area contributed by atoms with Crippen LogP contribution < -0.4 is 5.32 Å². The normalized spacial score (nSPS) is 32.6. The van der Waals surface area contributed by atoms with E-state index in [9.17, 15) is 39.0 Å². The summed E-state index contributed by atoms with van der Waals surface area (Å²) in [6, 6.07) is -1.72. The Morgan fingerprint density at radius 2 is 1.62 bits per heavy atom. The molecule has 0 radical (unpaired) electrons. The number of carbonyl (C=O) groups excluding carboxylic acids is 5. The molecule has 7 N–H and O–H groups in total. The molecule has 3 unspecified atom stereocenters. The molecule has 56 heavy (non-hydrogen) atoms. The fraction of sp³-hybridized carbons (Fsp3) is 0.722. The number of esters is 2. The van der Waals surface area contributed by atoms with Crippen molar-refractivity contribution in [3.05, 3.63) is 23.8 Å². The Morgan fingerprint density at radius 1 is 0.964 bits per heavy atom. The predicted octanol–water partition coefficient (Wildman–Crippen LogP) is 2.32. The fourth-order valence-corrected chi connectivity index (χ4v) is 9.65. The second kappa shape index (κ2) is 18.2. The molecule has 0 bridgehead atoms. The number of aliphatic hydroxyl groups is 1. The highest BCUT2D eigenvalue weighted by molar-refractivity contribution is 6.01. The number of aliphatic carboxylic acids is 1. The lowest BCUT2D eigenvalue weighted by Gasteiger charge is -2.62. The number of aliphatic hydroxyl groups excluding tert-OH is 1. The minimum absolute atomic E-state index is 0.0461. The number of nitrogens with one attached hydrogen (secondary N) is 1. The van der Waals surface area contributed by atoms with Gasteiger partial charge in [0, 0.05) is 35.5 Å². The van der Waals surface area contributed by atoms with Crippen molar-refractivity contribution in [3.8, 4) is 0 Å². The highest BCUT2D eigenvalue weighted by Gasteiger charge is 2.77. The number of carbonyl (C=O) groups is 6. The van der Waals surface area contributed by atoms with Gasteiger partial charge in [-0.1, -0.05) is 31.9 Å². The molecule has 9 atom stereocenters. The first kappa shape index (κ1) is 45.0. The second-order valence-electron chi connectivity index (χ2n) is 15.4. The molecular weight excluding hydrogens is 749 g/mol. The van der Waals surface area contributed by atoms with Gasteiger partial charge in [-0.05, 0) is 69.9 Å². The van der Waals surface area contributed by atoms with Gasteiger partial charge < -0.3 is 25.0 Å². The maximum Gasteiger partial charge on any atom is 0.326 e. The van der Waals surface area contributed by atoms with Crippen molar-refractivity contribution in [1.82, 2.24) is 16.1 Å². The molecule has 4 aliphatic carbocycles. The molecule has 0 aliphatic heterocycles. The molecule has 0 aromatic rings. The number of carboxylic acid groups (broad SMARTS) is 1. The summed E-state index contributed by atoms with van der Waals surface area (Å²) in [4.78, 5) is 86.4. The van der Waals surface area contributed by atoms with E-state index in [0.29, 0.717) is 24.8 Å². The van der Waals surface area contributed by atoms with Crippen LogP contribution >= 0.6 is 0 Å². The van der Waals surface area contributed by atoms with Gasteiger partial charge in [-0.25, -0.2) is 9.18 Å². The molecule has 4 rings (SSSR count). The summed E-state index contributed by atoms with van der Waals surface area (Å²) < 4.78 is 29.1. The number of allylic oxidation sites excluding steroid dienone is 4. The number of ketones is 2. The number of amides is 1. The molecule has 1 amide bonds.